The van der Waals surface area contributed by atoms with Gasteiger partial charge in [-0.2, -0.15) is 0 Å². The largest absolute Gasteiger partial charge is 0.497 e. The number of amides is 1. The van der Waals surface area contributed by atoms with Crippen molar-refractivity contribution in [1.29, 1.82) is 0 Å². The normalized spacial score (nSPS) is 18.8. The Morgan fingerprint density at radius 3 is 1.87 bits per heavy atom. The Balaban J connectivity index is 3.01. The van der Waals surface area contributed by atoms with Gasteiger partial charge in [-0.05, 0) is 44.0 Å². The number of allylic oxidation sites excluding steroid dienone is 1. The second-order valence-corrected chi connectivity index (χ2v) is 6.79. The molecule has 0 radical (unpaired) electrons. The minimum Gasteiger partial charge on any atom is -0.497 e. The van der Waals surface area contributed by atoms with Gasteiger partial charge in [-0.15, -0.1) is 0 Å². The molecule has 0 saturated carbocycles. The summed E-state index contributed by atoms with van der Waals surface area (Å²) in [7, 11) is 3.85. The van der Waals surface area contributed by atoms with Crippen LogP contribution in [0.5, 0.6) is 5.75 Å². The van der Waals surface area contributed by atoms with Gasteiger partial charge < -0.3 is 14.2 Å². The van der Waals surface area contributed by atoms with E-state index in [0.29, 0.717) is 16.9 Å². The van der Waals surface area contributed by atoms with Crippen LogP contribution in [0.25, 0.3) is 5.57 Å². The molecular weight excluding hydrogens is 390 g/mol. The van der Waals surface area contributed by atoms with Crippen LogP contribution in [0.4, 0.5) is 0 Å². The molecule has 0 bridgehead atoms. The predicted octanol–water partition coefficient (Wildman–Crippen LogP) is 2.28. The Kier molecular flexibility index (Phi) is 6.50. The van der Waals surface area contributed by atoms with E-state index in [0.717, 1.165) is 12.0 Å². The number of ketones is 1. The molecule has 0 spiro atoms. The first-order chi connectivity index (χ1) is 14.1. The molecule has 0 aromatic heterocycles. The van der Waals surface area contributed by atoms with Crippen LogP contribution in [0.2, 0.25) is 0 Å². The van der Waals surface area contributed by atoms with Gasteiger partial charge >= 0.3 is 11.9 Å². The number of carbonyl (C=O) groups excluding carboxylic acids is 4. The van der Waals surface area contributed by atoms with E-state index in [1.54, 1.807) is 31.2 Å². The molecule has 1 heterocycles. The zero-order valence-electron chi connectivity index (χ0n) is 18.1. The van der Waals surface area contributed by atoms with E-state index >= 15 is 0 Å². The van der Waals surface area contributed by atoms with Crippen molar-refractivity contribution >= 4 is 29.2 Å². The molecule has 1 aromatic carbocycles. The van der Waals surface area contributed by atoms with E-state index < -0.39 is 29.2 Å². The van der Waals surface area contributed by atoms with Crippen molar-refractivity contribution in [3.8, 4) is 5.75 Å². The molecule has 1 amide bonds. The highest BCUT2D eigenvalue weighted by Crippen LogP contribution is 2.45. The molecule has 0 aliphatic carbocycles. The Bertz CT molecular complexity index is 972. The van der Waals surface area contributed by atoms with Gasteiger partial charge in [0.15, 0.2) is 5.78 Å². The minimum atomic E-state index is -2.11. The standard InChI is InChI=1S/C22H25NO7/c1-12-18(20(26)29-6)19(16-8-10-17(28-5)11-9-16)13(2)23(15(4)25)22(12,14(3)24)21(27)30-7/h8-11H,1-7H3/t22-/m0/s1. The van der Waals surface area contributed by atoms with Crippen molar-refractivity contribution in [3.63, 3.8) is 0 Å². The lowest BCUT2D eigenvalue weighted by Crippen LogP contribution is -2.63. The van der Waals surface area contributed by atoms with E-state index in [1.807, 2.05) is 0 Å². The predicted molar refractivity (Wildman–Crippen MR) is 108 cm³/mol. The molecule has 1 aliphatic rings. The van der Waals surface area contributed by atoms with E-state index in [1.165, 1.54) is 35.0 Å². The van der Waals surface area contributed by atoms with Crippen LogP contribution < -0.4 is 4.74 Å². The smallest absolute Gasteiger partial charge is 0.344 e. The highest BCUT2D eigenvalue weighted by atomic mass is 16.5. The molecule has 8 heteroatoms. The van der Waals surface area contributed by atoms with Gasteiger partial charge in [0.25, 0.3) is 0 Å². The van der Waals surface area contributed by atoms with Crippen LogP contribution in [-0.4, -0.2) is 55.4 Å². The number of carbonyl (C=O) groups is 4. The van der Waals surface area contributed by atoms with Gasteiger partial charge in [0.05, 0.1) is 26.9 Å². The van der Waals surface area contributed by atoms with Gasteiger partial charge in [0, 0.05) is 18.2 Å². The van der Waals surface area contributed by atoms with E-state index in [9.17, 15) is 19.2 Å². The fourth-order valence-electron chi connectivity index (χ4n) is 3.98. The molecule has 0 fully saturated rings. The van der Waals surface area contributed by atoms with Crippen molar-refractivity contribution in [2.75, 3.05) is 21.3 Å². The number of Topliss-reactive ketones (excluding diaryl/α,β-unsaturated/α-hetero) is 1. The number of nitrogens with zero attached hydrogens (tertiary/aromatic N) is 1. The van der Waals surface area contributed by atoms with E-state index in [2.05, 4.69) is 0 Å². The quantitative estimate of drug-likeness (QED) is 0.537. The molecule has 0 unspecified atom stereocenters. The van der Waals surface area contributed by atoms with Gasteiger partial charge in [-0.3, -0.25) is 14.5 Å². The minimum absolute atomic E-state index is 0.0262. The Morgan fingerprint density at radius 2 is 1.47 bits per heavy atom. The summed E-state index contributed by atoms with van der Waals surface area (Å²) in [5, 5.41) is 0. The lowest BCUT2D eigenvalue weighted by atomic mass is 9.75. The maximum atomic E-state index is 12.9. The summed E-state index contributed by atoms with van der Waals surface area (Å²) in [6.45, 7) is 5.44. The van der Waals surface area contributed by atoms with Crippen LogP contribution in [0.1, 0.15) is 33.3 Å². The second kappa shape index (κ2) is 8.52. The topological polar surface area (TPSA) is 99.2 Å². The molecule has 160 valence electrons. The number of hydrogen-bond acceptors (Lipinski definition) is 7. The zero-order chi connectivity index (χ0) is 22.8. The first-order valence-electron chi connectivity index (χ1n) is 9.15. The summed E-state index contributed by atoms with van der Waals surface area (Å²) in [5.41, 5.74) is -0.818. The van der Waals surface area contributed by atoms with Crippen LogP contribution in [0.3, 0.4) is 0 Å². The fraction of sp³-hybridized carbons (Fsp3) is 0.364. The van der Waals surface area contributed by atoms with Crippen LogP contribution in [0, 0.1) is 0 Å². The van der Waals surface area contributed by atoms with Gasteiger partial charge in [0.2, 0.25) is 11.4 Å². The highest BCUT2D eigenvalue weighted by molar-refractivity contribution is 6.19. The van der Waals surface area contributed by atoms with Crippen LogP contribution in [-0.2, 0) is 28.7 Å². The number of rotatable bonds is 5. The highest BCUT2D eigenvalue weighted by Gasteiger charge is 2.58. The van der Waals surface area contributed by atoms with Gasteiger partial charge in [-0.1, -0.05) is 12.1 Å². The third kappa shape index (κ3) is 3.28. The molecule has 8 nitrogen and oxygen atoms in total. The number of ether oxygens (including phenoxy) is 3. The maximum Gasteiger partial charge on any atom is 0.344 e. The lowest BCUT2D eigenvalue weighted by molar-refractivity contribution is -0.161. The van der Waals surface area contributed by atoms with Crippen LogP contribution in [0.15, 0.2) is 41.1 Å². The summed E-state index contributed by atoms with van der Waals surface area (Å²) in [6, 6.07) is 6.83. The van der Waals surface area contributed by atoms with Crippen molar-refractivity contribution in [2.45, 2.75) is 33.2 Å². The zero-order valence-corrected chi connectivity index (χ0v) is 18.1. The summed E-state index contributed by atoms with van der Waals surface area (Å²) >= 11 is 0. The second-order valence-electron chi connectivity index (χ2n) is 6.79. The first-order valence-corrected chi connectivity index (χ1v) is 9.15. The average Bonchev–Trinajstić information content (AvgIpc) is 2.72. The number of esters is 2. The lowest BCUT2D eigenvalue weighted by Gasteiger charge is -2.45. The van der Waals surface area contributed by atoms with Crippen molar-refractivity contribution < 1.29 is 33.4 Å². The SMILES string of the molecule is COC(=O)C1=C(C)[C@](C(C)=O)(C(=O)OC)N(C(C)=O)C(C)=C1c1ccc(OC)cc1. The Morgan fingerprint density at radius 1 is 0.900 bits per heavy atom. The fourth-order valence-corrected chi connectivity index (χ4v) is 3.98. The molecule has 30 heavy (non-hydrogen) atoms. The van der Waals surface area contributed by atoms with Crippen LogP contribution >= 0.6 is 0 Å². The monoisotopic (exact) mass is 415 g/mol. The van der Waals surface area contributed by atoms with E-state index in [-0.39, 0.29) is 16.8 Å². The number of methoxy groups -OCH3 is 3. The third-order valence-electron chi connectivity index (χ3n) is 5.27. The Labute approximate surface area is 175 Å². The summed E-state index contributed by atoms with van der Waals surface area (Å²) in [5.74, 6) is -2.31. The van der Waals surface area contributed by atoms with Crippen molar-refractivity contribution in [2.24, 2.45) is 0 Å². The van der Waals surface area contributed by atoms with Crippen molar-refractivity contribution in [1.82, 2.24) is 4.90 Å². The molecule has 0 saturated heterocycles. The third-order valence-corrected chi connectivity index (χ3v) is 5.27. The molecule has 1 aromatic rings. The molecule has 1 aliphatic heterocycles. The van der Waals surface area contributed by atoms with E-state index in [4.69, 9.17) is 14.2 Å². The number of hydrogen-bond donors (Lipinski definition) is 0. The molecule has 0 N–H and O–H groups in total. The maximum absolute atomic E-state index is 12.9. The summed E-state index contributed by atoms with van der Waals surface area (Å²) in [6.07, 6.45) is 0. The molecule has 1 atom stereocenters. The van der Waals surface area contributed by atoms with Gasteiger partial charge in [0.1, 0.15) is 5.75 Å². The van der Waals surface area contributed by atoms with Crippen molar-refractivity contribution in [3.05, 3.63) is 46.7 Å². The average molecular weight is 415 g/mol. The number of benzene rings is 1. The first kappa shape index (κ1) is 22.9. The Hall–Kier alpha value is -3.42. The summed E-state index contributed by atoms with van der Waals surface area (Å²) in [4.78, 5) is 52.4. The van der Waals surface area contributed by atoms with Gasteiger partial charge in [-0.25, -0.2) is 9.59 Å². The molecular formula is C22H25NO7. The molecule has 2 rings (SSSR count). The summed E-state index contributed by atoms with van der Waals surface area (Å²) < 4.78 is 15.1.